The zero-order chi connectivity index (χ0) is 22.1. The van der Waals surface area contributed by atoms with Gasteiger partial charge in [0.2, 0.25) is 27.9 Å². The van der Waals surface area contributed by atoms with Crippen molar-refractivity contribution >= 4 is 33.0 Å². The van der Waals surface area contributed by atoms with Crippen LogP contribution in [0.4, 0.5) is 11.9 Å². The van der Waals surface area contributed by atoms with Crippen LogP contribution in [0.5, 0.6) is 0 Å². The van der Waals surface area contributed by atoms with Gasteiger partial charge in [-0.05, 0) is 25.0 Å². The molecular weight excluding hydrogens is 432 g/mol. The van der Waals surface area contributed by atoms with Crippen molar-refractivity contribution in [1.82, 2.24) is 28.8 Å². The number of hydrogen-bond donors (Lipinski definition) is 1. The van der Waals surface area contributed by atoms with Gasteiger partial charge in [-0.15, -0.1) is 0 Å². The van der Waals surface area contributed by atoms with Crippen LogP contribution in [0.2, 0.25) is 0 Å². The molecule has 2 aliphatic rings. The van der Waals surface area contributed by atoms with Gasteiger partial charge in [-0.1, -0.05) is 12.1 Å². The van der Waals surface area contributed by atoms with E-state index in [0.717, 1.165) is 11.0 Å². The molecule has 0 aliphatic carbocycles. The molecule has 1 aromatic carbocycles. The number of rotatable bonds is 5. The second-order valence-corrected chi connectivity index (χ2v) is 10.0. The van der Waals surface area contributed by atoms with Crippen LogP contribution in [0.3, 0.4) is 0 Å². The summed E-state index contributed by atoms with van der Waals surface area (Å²) >= 11 is 0. The summed E-state index contributed by atoms with van der Waals surface area (Å²) in [5.41, 5.74) is 1.78. The summed E-state index contributed by atoms with van der Waals surface area (Å²) in [7, 11) is -3.17. The van der Waals surface area contributed by atoms with E-state index in [1.165, 1.54) is 10.6 Å². The molecule has 12 heteroatoms. The SMILES string of the molecule is CS(=O)(=O)N1CCC(Nc2nc(N3CCOCC3)nc(-n3cnc4ccccc43)n2)CC1. The molecule has 2 saturated heterocycles. The van der Waals surface area contributed by atoms with Gasteiger partial charge in [-0.3, -0.25) is 4.57 Å². The smallest absolute Gasteiger partial charge is 0.242 e. The van der Waals surface area contributed by atoms with Crippen LogP contribution in [-0.2, 0) is 14.8 Å². The number of piperidine rings is 1. The number of ether oxygens (including phenoxy) is 1. The van der Waals surface area contributed by atoms with Crippen LogP contribution in [0.25, 0.3) is 17.0 Å². The lowest BCUT2D eigenvalue weighted by molar-refractivity contribution is 0.122. The maximum atomic E-state index is 11.8. The van der Waals surface area contributed by atoms with E-state index in [2.05, 4.69) is 25.2 Å². The number of hydrogen-bond acceptors (Lipinski definition) is 9. The molecule has 0 bridgehead atoms. The zero-order valence-corrected chi connectivity index (χ0v) is 18.7. The van der Waals surface area contributed by atoms with Gasteiger partial charge in [-0.2, -0.15) is 15.0 Å². The minimum Gasteiger partial charge on any atom is -0.378 e. The molecule has 0 radical (unpaired) electrons. The van der Waals surface area contributed by atoms with Crippen molar-refractivity contribution in [2.45, 2.75) is 18.9 Å². The Labute approximate surface area is 186 Å². The number of anilines is 2. The third kappa shape index (κ3) is 4.38. The highest BCUT2D eigenvalue weighted by Crippen LogP contribution is 2.21. The lowest BCUT2D eigenvalue weighted by atomic mass is 10.1. The third-order valence-corrected chi connectivity index (χ3v) is 7.13. The molecule has 11 nitrogen and oxygen atoms in total. The predicted octanol–water partition coefficient (Wildman–Crippen LogP) is 0.883. The van der Waals surface area contributed by atoms with E-state index in [0.29, 0.717) is 70.1 Å². The van der Waals surface area contributed by atoms with Crippen molar-refractivity contribution in [3.8, 4) is 5.95 Å². The average Bonchev–Trinajstić information content (AvgIpc) is 3.23. The van der Waals surface area contributed by atoms with Gasteiger partial charge in [0, 0.05) is 32.2 Å². The fraction of sp³-hybridized carbons (Fsp3) is 0.500. The number of nitrogens with zero attached hydrogens (tertiary/aromatic N) is 7. The number of nitrogens with one attached hydrogen (secondary N) is 1. The van der Waals surface area contributed by atoms with Gasteiger partial charge in [0.05, 0.1) is 30.5 Å². The van der Waals surface area contributed by atoms with E-state index in [-0.39, 0.29) is 6.04 Å². The van der Waals surface area contributed by atoms with Crippen molar-refractivity contribution in [1.29, 1.82) is 0 Å². The van der Waals surface area contributed by atoms with Gasteiger partial charge in [-0.25, -0.2) is 17.7 Å². The highest BCUT2D eigenvalue weighted by atomic mass is 32.2. The number of benzene rings is 1. The third-order valence-electron chi connectivity index (χ3n) is 5.83. The Hall–Kier alpha value is -2.83. The van der Waals surface area contributed by atoms with E-state index in [4.69, 9.17) is 9.72 Å². The Balaban J connectivity index is 1.45. The topological polar surface area (TPSA) is 118 Å². The maximum absolute atomic E-state index is 11.8. The number of imidazole rings is 1. The normalized spacial score (nSPS) is 18.8. The van der Waals surface area contributed by atoms with Crippen LogP contribution in [-0.4, -0.2) is 88.9 Å². The molecule has 0 saturated carbocycles. The fourth-order valence-corrected chi connectivity index (χ4v) is 4.94. The first-order chi connectivity index (χ1) is 15.5. The highest BCUT2D eigenvalue weighted by Gasteiger charge is 2.26. The Kier molecular flexibility index (Phi) is 5.66. The molecule has 3 aromatic rings. The molecule has 1 N–H and O–H groups in total. The van der Waals surface area contributed by atoms with Crippen molar-refractivity contribution < 1.29 is 13.2 Å². The van der Waals surface area contributed by atoms with Crippen molar-refractivity contribution in [2.24, 2.45) is 0 Å². The molecule has 0 amide bonds. The lowest BCUT2D eigenvalue weighted by Gasteiger charge is -2.31. The first-order valence-corrected chi connectivity index (χ1v) is 12.5. The Morgan fingerprint density at radius 3 is 2.47 bits per heavy atom. The van der Waals surface area contributed by atoms with Gasteiger partial charge < -0.3 is 15.0 Å². The summed E-state index contributed by atoms with van der Waals surface area (Å²) in [6.45, 7) is 3.64. The first kappa shape index (κ1) is 21.0. The Morgan fingerprint density at radius 2 is 1.72 bits per heavy atom. The van der Waals surface area contributed by atoms with E-state index in [9.17, 15) is 8.42 Å². The summed E-state index contributed by atoms with van der Waals surface area (Å²) in [5.74, 6) is 1.56. The van der Waals surface area contributed by atoms with Crippen LogP contribution in [0, 0.1) is 0 Å². The van der Waals surface area contributed by atoms with Crippen molar-refractivity contribution in [2.75, 3.05) is 55.9 Å². The molecule has 2 aliphatic heterocycles. The standard InChI is InChI=1S/C20H26N8O3S/c1-32(29,30)27-8-6-15(7-9-27)22-18-23-19(26-10-12-31-13-11-26)25-20(24-18)28-14-21-16-4-2-3-5-17(16)28/h2-5,14-15H,6-13H2,1H3,(H,22,23,24,25). The van der Waals surface area contributed by atoms with E-state index in [1.807, 2.05) is 28.8 Å². The van der Waals surface area contributed by atoms with E-state index < -0.39 is 10.0 Å². The molecular formula is C20H26N8O3S. The minimum atomic E-state index is -3.17. The van der Waals surface area contributed by atoms with Crippen LogP contribution >= 0.6 is 0 Å². The molecule has 0 spiro atoms. The predicted molar refractivity (Wildman–Crippen MR) is 121 cm³/mol. The Bertz CT molecular complexity index is 1200. The quantitative estimate of drug-likeness (QED) is 0.594. The first-order valence-electron chi connectivity index (χ1n) is 10.7. The summed E-state index contributed by atoms with van der Waals surface area (Å²) in [4.78, 5) is 20.6. The molecule has 2 aromatic heterocycles. The summed E-state index contributed by atoms with van der Waals surface area (Å²) in [6.07, 6.45) is 4.35. The number of fused-ring (bicyclic) bond motifs is 1. The van der Waals surface area contributed by atoms with Gasteiger partial charge in [0.25, 0.3) is 0 Å². The van der Waals surface area contributed by atoms with Gasteiger partial charge in [0.1, 0.15) is 6.33 Å². The highest BCUT2D eigenvalue weighted by molar-refractivity contribution is 7.88. The van der Waals surface area contributed by atoms with Crippen LogP contribution in [0.15, 0.2) is 30.6 Å². The minimum absolute atomic E-state index is 0.0836. The summed E-state index contributed by atoms with van der Waals surface area (Å²) in [6, 6.07) is 7.92. The van der Waals surface area contributed by atoms with Gasteiger partial charge in [0.15, 0.2) is 0 Å². The lowest BCUT2D eigenvalue weighted by Crippen LogP contribution is -2.42. The van der Waals surface area contributed by atoms with Gasteiger partial charge >= 0.3 is 0 Å². The summed E-state index contributed by atoms with van der Waals surface area (Å²) < 4.78 is 32.5. The molecule has 2 fully saturated rings. The fourth-order valence-electron chi connectivity index (χ4n) is 4.06. The van der Waals surface area contributed by atoms with E-state index >= 15 is 0 Å². The second kappa shape index (κ2) is 8.60. The second-order valence-electron chi connectivity index (χ2n) is 8.04. The Morgan fingerprint density at radius 1 is 1.00 bits per heavy atom. The maximum Gasteiger partial charge on any atom is 0.242 e. The van der Waals surface area contributed by atoms with Crippen LogP contribution in [0.1, 0.15) is 12.8 Å². The summed E-state index contributed by atoms with van der Waals surface area (Å²) in [5, 5.41) is 3.41. The number of sulfonamides is 1. The van der Waals surface area contributed by atoms with Crippen molar-refractivity contribution in [3.63, 3.8) is 0 Å². The monoisotopic (exact) mass is 458 g/mol. The molecule has 4 heterocycles. The van der Waals surface area contributed by atoms with Crippen LogP contribution < -0.4 is 10.2 Å². The number of para-hydroxylation sites is 2. The number of aromatic nitrogens is 5. The molecule has 0 atom stereocenters. The molecule has 5 rings (SSSR count). The molecule has 32 heavy (non-hydrogen) atoms. The zero-order valence-electron chi connectivity index (χ0n) is 17.9. The van der Waals surface area contributed by atoms with E-state index in [1.54, 1.807) is 6.33 Å². The number of morpholine rings is 1. The van der Waals surface area contributed by atoms with Crippen molar-refractivity contribution in [3.05, 3.63) is 30.6 Å². The molecule has 170 valence electrons. The molecule has 0 unspecified atom stereocenters. The largest absolute Gasteiger partial charge is 0.378 e. The average molecular weight is 459 g/mol.